The standard InChI is InChI=1S/C13H15ClFN3/c1-2-3-4-9-7-13(16)18(17-9)10-5-6-12(15)11(14)8-10/h5-8H,2-4,16H2,1H3. The van der Waals surface area contributed by atoms with Crippen molar-refractivity contribution in [2.75, 3.05) is 5.73 Å². The lowest BCUT2D eigenvalue weighted by Gasteiger charge is -2.04. The smallest absolute Gasteiger partial charge is 0.141 e. The summed E-state index contributed by atoms with van der Waals surface area (Å²) >= 11 is 5.75. The summed E-state index contributed by atoms with van der Waals surface area (Å²) in [7, 11) is 0. The van der Waals surface area contributed by atoms with E-state index in [-0.39, 0.29) is 5.02 Å². The zero-order valence-corrected chi connectivity index (χ0v) is 10.9. The van der Waals surface area contributed by atoms with Crippen LogP contribution in [0, 0.1) is 5.82 Å². The Bertz CT molecular complexity index is 551. The van der Waals surface area contributed by atoms with Gasteiger partial charge in [0.25, 0.3) is 0 Å². The van der Waals surface area contributed by atoms with E-state index in [4.69, 9.17) is 17.3 Å². The molecular weight excluding hydrogens is 253 g/mol. The molecule has 2 rings (SSSR count). The van der Waals surface area contributed by atoms with Crippen LogP contribution in [0.1, 0.15) is 25.5 Å². The van der Waals surface area contributed by atoms with Gasteiger partial charge in [-0.2, -0.15) is 5.10 Å². The summed E-state index contributed by atoms with van der Waals surface area (Å²) in [5, 5.41) is 4.47. The maximum absolute atomic E-state index is 13.1. The molecule has 0 unspecified atom stereocenters. The van der Waals surface area contributed by atoms with E-state index in [9.17, 15) is 4.39 Å². The number of nitrogens with two attached hydrogens (primary N) is 1. The van der Waals surface area contributed by atoms with Crippen LogP contribution >= 0.6 is 11.6 Å². The van der Waals surface area contributed by atoms with Crippen molar-refractivity contribution in [1.29, 1.82) is 0 Å². The molecular formula is C13H15ClFN3. The Morgan fingerprint density at radius 2 is 2.17 bits per heavy atom. The molecule has 2 N–H and O–H groups in total. The maximum atomic E-state index is 13.1. The number of halogens is 2. The van der Waals surface area contributed by atoms with Crippen molar-refractivity contribution >= 4 is 17.4 Å². The Kier molecular flexibility index (Phi) is 3.87. The largest absolute Gasteiger partial charge is 0.384 e. The van der Waals surface area contributed by atoms with E-state index in [0.29, 0.717) is 11.5 Å². The van der Waals surface area contributed by atoms with Crippen LogP contribution in [-0.4, -0.2) is 9.78 Å². The number of aryl methyl sites for hydroxylation is 1. The number of nitrogen functional groups attached to an aromatic ring is 1. The molecule has 1 aromatic heterocycles. The first-order valence-electron chi connectivity index (χ1n) is 5.91. The molecule has 0 atom stereocenters. The minimum atomic E-state index is -0.447. The number of aromatic nitrogens is 2. The Hall–Kier alpha value is -1.55. The molecule has 18 heavy (non-hydrogen) atoms. The predicted octanol–water partition coefficient (Wildman–Crippen LogP) is 3.59. The summed E-state index contributed by atoms with van der Waals surface area (Å²) in [4.78, 5) is 0. The lowest BCUT2D eigenvalue weighted by Crippen LogP contribution is -2.02. The second-order valence-electron chi connectivity index (χ2n) is 4.17. The van der Waals surface area contributed by atoms with Gasteiger partial charge in [-0.1, -0.05) is 24.9 Å². The average Bonchev–Trinajstić information content (AvgIpc) is 2.71. The summed E-state index contributed by atoms with van der Waals surface area (Å²) < 4.78 is 14.7. The number of hydrogen-bond donors (Lipinski definition) is 1. The van der Waals surface area contributed by atoms with Crippen molar-refractivity contribution in [3.63, 3.8) is 0 Å². The molecule has 0 bridgehead atoms. The van der Waals surface area contributed by atoms with Gasteiger partial charge in [0.2, 0.25) is 0 Å². The number of anilines is 1. The molecule has 2 aromatic rings. The fraction of sp³-hybridized carbons (Fsp3) is 0.308. The Labute approximate surface area is 110 Å². The van der Waals surface area contributed by atoms with Gasteiger partial charge in [0, 0.05) is 6.07 Å². The lowest BCUT2D eigenvalue weighted by atomic mass is 10.2. The maximum Gasteiger partial charge on any atom is 0.141 e. The van der Waals surface area contributed by atoms with E-state index >= 15 is 0 Å². The number of rotatable bonds is 4. The van der Waals surface area contributed by atoms with Gasteiger partial charge >= 0.3 is 0 Å². The minimum Gasteiger partial charge on any atom is -0.384 e. The third kappa shape index (κ3) is 2.64. The van der Waals surface area contributed by atoms with Crippen molar-refractivity contribution in [2.45, 2.75) is 26.2 Å². The molecule has 0 radical (unpaired) electrons. The predicted molar refractivity (Wildman–Crippen MR) is 71.6 cm³/mol. The molecule has 0 amide bonds. The highest BCUT2D eigenvalue weighted by Crippen LogP contribution is 2.21. The van der Waals surface area contributed by atoms with Crippen LogP contribution in [0.15, 0.2) is 24.3 Å². The quantitative estimate of drug-likeness (QED) is 0.920. The first-order chi connectivity index (χ1) is 8.61. The average molecular weight is 268 g/mol. The highest BCUT2D eigenvalue weighted by Gasteiger charge is 2.08. The van der Waals surface area contributed by atoms with E-state index in [1.165, 1.54) is 12.1 Å². The highest BCUT2D eigenvalue weighted by molar-refractivity contribution is 6.30. The molecule has 5 heteroatoms. The molecule has 0 aliphatic heterocycles. The minimum absolute atomic E-state index is 0.0671. The second kappa shape index (κ2) is 5.40. The topological polar surface area (TPSA) is 43.8 Å². The number of hydrogen-bond acceptors (Lipinski definition) is 2. The lowest BCUT2D eigenvalue weighted by molar-refractivity contribution is 0.627. The van der Waals surface area contributed by atoms with Gasteiger partial charge in [-0.05, 0) is 31.0 Å². The molecule has 96 valence electrons. The normalized spacial score (nSPS) is 10.8. The number of unbranched alkanes of at least 4 members (excludes halogenated alkanes) is 1. The second-order valence-corrected chi connectivity index (χ2v) is 4.58. The zero-order valence-electron chi connectivity index (χ0n) is 10.2. The SMILES string of the molecule is CCCCc1cc(N)n(-c2ccc(F)c(Cl)c2)n1. The van der Waals surface area contributed by atoms with Crippen LogP contribution in [0.5, 0.6) is 0 Å². The first kappa shape index (κ1) is 12.9. The third-order valence-corrected chi connectivity index (χ3v) is 3.01. The van der Waals surface area contributed by atoms with Gasteiger partial charge < -0.3 is 5.73 Å². The molecule has 0 spiro atoms. The Morgan fingerprint density at radius 1 is 1.39 bits per heavy atom. The Balaban J connectivity index is 2.32. The van der Waals surface area contributed by atoms with Gasteiger partial charge in [0.15, 0.2) is 0 Å². The summed E-state index contributed by atoms with van der Waals surface area (Å²) in [6, 6.07) is 6.27. The zero-order chi connectivity index (χ0) is 13.1. The monoisotopic (exact) mass is 267 g/mol. The molecule has 3 nitrogen and oxygen atoms in total. The van der Waals surface area contributed by atoms with Crippen LogP contribution in [0.3, 0.4) is 0 Å². The summed E-state index contributed by atoms with van der Waals surface area (Å²) in [5.74, 6) is 0.0844. The van der Waals surface area contributed by atoms with Crippen molar-refractivity contribution in [1.82, 2.24) is 9.78 Å². The highest BCUT2D eigenvalue weighted by atomic mass is 35.5. The molecule has 0 saturated heterocycles. The summed E-state index contributed by atoms with van der Waals surface area (Å²) in [6.45, 7) is 2.13. The summed E-state index contributed by atoms with van der Waals surface area (Å²) in [6.07, 6.45) is 3.07. The van der Waals surface area contributed by atoms with Crippen molar-refractivity contribution in [2.24, 2.45) is 0 Å². The molecule has 0 aliphatic rings. The van der Waals surface area contributed by atoms with Gasteiger partial charge in [-0.25, -0.2) is 9.07 Å². The molecule has 0 aliphatic carbocycles. The van der Waals surface area contributed by atoms with Crippen molar-refractivity contribution in [3.05, 3.63) is 40.8 Å². The van der Waals surface area contributed by atoms with E-state index in [1.54, 1.807) is 10.7 Å². The fourth-order valence-electron chi connectivity index (χ4n) is 1.75. The van der Waals surface area contributed by atoms with Crippen molar-refractivity contribution < 1.29 is 4.39 Å². The van der Waals surface area contributed by atoms with Gasteiger partial charge in [-0.3, -0.25) is 0 Å². The summed E-state index contributed by atoms with van der Waals surface area (Å²) in [5.41, 5.74) is 7.50. The van der Waals surface area contributed by atoms with E-state index in [1.807, 2.05) is 6.07 Å². The van der Waals surface area contributed by atoms with Gasteiger partial charge in [-0.15, -0.1) is 0 Å². The van der Waals surface area contributed by atoms with Crippen LogP contribution in [0.4, 0.5) is 10.2 Å². The molecule has 0 fully saturated rings. The van der Waals surface area contributed by atoms with Crippen LogP contribution in [-0.2, 0) is 6.42 Å². The van der Waals surface area contributed by atoms with E-state index in [0.717, 1.165) is 25.0 Å². The van der Waals surface area contributed by atoms with Crippen LogP contribution in [0.2, 0.25) is 5.02 Å². The molecule has 1 heterocycles. The van der Waals surface area contributed by atoms with Crippen LogP contribution in [0.25, 0.3) is 5.69 Å². The van der Waals surface area contributed by atoms with E-state index in [2.05, 4.69) is 12.0 Å². The first-order valence-corrected chi connectivity index (χ1v) is 6.29. The van der Waals surface area contributed by atoms with Gasteiger partial charge in [0.1, 0.15) is 11.6 Å². The van der Waals surface area contributed by atoms with E-state index < -0.39 is 5.82 Å². The van der Waals surface area contributed by atoms with Crippen LogP contribution < -0.4 is 5.73 Å². The van der Waals surface area contributed by atoms with Gasteiger partial charge in [0.05, 0.1) is 16.4 Å². The molecule has 1 aromatic carbocycles. The Morgan fingerprint density at radius 3 is 2.83 bits per heavy atom. The van der Waals surface area contributed by atoms with Crippen molar-refractivity contribution in [3.8, 4) is 5.69 Å². The molecule has 0 saturated carbocycles. The third-order valence-electron chi connectivity index (χ3n) is 2.72. The number of benzene rings is 1. The number of nitrogens with zero attached hydrogens (tertiary/aromatic N) is 2. The fourth-order valence-corrected chi connectivity index (χ4v) is 1.93.